The van der Waals surface area contributed by atoms with E-state index >= 15 is 0 Å². The minimum atomic E-state index is -0.530. The van der Waals surface area contributed by atoms with Crippen LogP contribution in [-0.4, -0.2) is 20.9 Å². The van der Waals surface area contributed by atoms with Gasteiger partial charge < -0.3 is 10.1 Å². The quantitative estimate of drug-likeness (QED) is 0.732. The minimum Gasteiger partial charge on any atom is -0.402 e. The van der Waals surface area contributed by atoms with Crippen LogP contribution in [-0.2, 0) is 0 Å². The van der Waals surface area contributed by atoms with Crippen LogP contribution in [0.5, 0.6) is 5.88 Å². The maximum atomic E-state index is 11.7. The van der Waals surface area contributed by atoms with Crippen LogP contribution in [0.1, 0.15) is 10.5 Å². The number of nitrogens with one attached hydrogen (secondary N) is 1. The summed E-state index contributed by atoms with van der Waals surface area (Å²) in [5.74, 6) is 0.290. The van der Waals surface area contributed by atoms with Crippen molar-refractivity contribution in [3.8, 4) is 5.88 Å². The number of carbonyl (C=O) groups is 1. The fourth-order valence-corrected chi connectivity index (χ4v) is 2.64. The Hall–Kier alpha value is -2.03. The van der Waals surface area contributed by atoms with E-state index in [1.807, 2.05) is 0 Å². The molecule has 0 amide bonds. The van der Waals surface area contributed by atoms with Crippen molar-refractivity contribution in [1.29, 1.82) is 0 Å². The fourth-order valence-electron chi connectivity index (χ4n) is 1.38. The second-order valence-electron chi connectivity index (χ2n) is 3.74. The predicted octanol–water partition coefficient (Wildman–Crippen LogP) is 3.61. The molecule has 0 aromatic carbocycles. The van der Waals surface area contributed by atoms with Crippen molar-refractivity contribution in [2.45, 2.75) is 0 Å². The average Bonchev–Trinajstić information content (AvgIpc) is 3.13. The number of pyridine rings is 1. The van der Waals surface area contributed by atoms with E-state index in [-0.39, 0.29) is 11.6 Å². The minimum absolute atomic E-state index is 0.217. The van der Waals surface area contributed by atoms with Crippen molar-refractivity contribution >= 4 is 51.2 Å². The van der Waals surface area contributed by atoms with E-state index < -0.39 is 5.97 Å². The molecule has 3 heterocycles. The molecule has 0 unspecified atom stereocenters. The van der Waals surface area contributed by atoms with Crippen molar-refractivity contribution in [2.24, 2.45) is 0 Å². The summed E-state index contributed by atoms with van der Waals surface area (Å²) in [5.41, 5.74) is 1.83. The molecular formula is C12H7ClN4O2S2. The summed E-state index contributed by atoms with van der Waals surface area (Å²) >= 11 is 8.38. The molecule has 0 saturated carbocycles. The van der Waals surface area contributed by atoms with Gasteiger partial charge in [0.25, 0.3) is 0 Å². The van der Waals surface area contributed by atoms with E-state index in [0.717, 1.165) is 0 Å². The Kier molecular flexibility index (Phi) is 4.09. The molecule has 3 aromatic rings. The van der Waals surface area contributed by atoms with Crippen LogP contribution < -0.4 is 10.1 Å². The zero-order valence-electron chi connectivity index (χ0n) is 10.3. The zero-order valence-corrected chi connectivity index (χ0v) is 12.7. The lowest BCUT2D eigenvalue weighted by Crippen LogP contribution is -2.08. The van der Waals surface area contributed by atoms with E-state index in [4.69, 9.17) is 16.3 Å². The molecule has 106 valence electrons. The number of rotatable bonds is 4. The first kappa shape index (κ1) is 13.9. The smallest absolute Gasteiger partial charge is 0.364 e. The monoisotopic (exact) mass is 338 g/mol. The van der Waals surface area contributed by atoms with Gasteiger partial charge in [-0.2, -0.15) is 4.98 Å². The third-order valence-electron chi connectivity index (χ3n) is 2.28. The Balaban J connectivity index is 1.66. The lowest BCUT2D eigenvalue weighted by molar-refractivity contribution is 0.0723. The Morgan fingerprint density at radius 3 is 2.90 bits per heavy atom. The number of halogens is 1. The molecule has 0 saturated heterocycles. The maximum absolute atomic E-state index is 11.7. The number of ether oxygens (including phenoxy) is 1. The second kappa shape index (κ2) is 6.17. The highest BCUT2D eigenvalue weighted by atomic mass is 35.5. The maximum Gasteiger partial charge on any atom is 0.364 e. The summed E-state index contributed by atoms with van der Waals surface area (Å²) < 4.78 is 5.12. The van der Waals surface area contributed by atoms with E-state index in [9.17, 15) is 4.79 Å². The van der Waals surface area contributed by atoms with Crippen LogP contribution in [0.4, 0.5) is 10.9 Å². The molecule has 0 atom stereocenters. The molecule has 0 aliphatic carbocycles. The summed E-state index contributed by atoms with van der Waals surface area (Å²) in [4.78, 5) is 23.8. The molecular weight excluding hydrogens is 332 g/mol. The zero-order chi connectivity index (χ0) is 14.7. The summed E-state index contributed by atoms with van der Waals surface area (Å²) in [6.07, 6.45) is 1.53. The normalized spacial score (nSPS) is 10.3. The van der Waals surface area contributed by atoms with Crippen LogP contribution in [0, 0.1) is 0 Å². The van der Waals surface area contributed by atoms with Gasteiger partial charge in [0.2, 0.25) is 5.88 Å². The largest absolute Gasteiger partial charge is 0.402 e. The van der Waals surface area contributed by atoms with Gasteiger partial charge in [0.15, 0.2) is 10.8 Å². The molecule has 6 nitrogen and oxygen atoms in total. The van der Waals surface area contributed by atoms with Crippen LogP contribution >= 0.6 is 34.3 Å². The summed E-state index contributed by atoms with van der Waals surface area (Å²) in [6, 6.07) is 3.44. The summed E-state index contributed by atoms with van der Waals surface area (Å²) in [6.45, 7) is 0. The average molecular weight is 339 g/mol. The third-order valence-corrected chi connectivity index (χ3v) is 3.83. The van der Waals surface area contributed by atoms with Crippen molar-refractivity contribution in [1.82, 2.24) is 15.0 Å². The lowest BCUT2D eigenvalue weighted by atomic mass is 10.5. The third kappa shape index (κ3) is 3.54. The fraction of sp³-hybridized carbons (Fsp3) is 0. The predicted molar refractivity (Wildman–Crippen MR) is 81.7 cm³/mol. The first-order valence-electron chi connectivity index (χ1n) is 5.65. The van der Waals surface area contributed by atoms with Crippen LogP contribution in [0.25, 0.3) is 0 Å². The molecule has 1 N–H and O–H groups in total. The van der Waals surface area contributed by atoms with Gasteiger partial charge in [-0.15, -0.1) is 22.7 Å². The summed E-state index contributed by atoms with van der Waals surface area (Å²) in [7, 11) is 0. The van der Waals surface area contributed by atoms with Gasteiger partial charge >= 0.3 is 5.97 Å². The Bertz CT molecular complexity index is 743. The number of carbonyl (C=O) groups excluding carboxylic acids is 1. The highest BCUT2D eigenvalue weighted by molar-refractivity contribution is 7.14. The molecule has 0 aliphatic heterocycles. The topological polar surface area (TPSA) is 77.0 Å². The van der Waals surface area contributed by atoms with Gasteiger partial charge in [0.05, 0.1) is 15.9 Å². The van der Waals surface area contributed by atoms with Gasteiger partial charge in [-0.25, -0.2) is 14.8 Å². The molecule has 0 fully saturated rings. The van der Waals surface area contributed by atoms with Crippen molar-refractivity contribution < 1.29 is 9.53 Å². The molecule has 21 heavy (non-hydrogen) atoms. The number of anilines is 2. The van der Waals surface area contributed by atoms with Gasteiger partial charge in [-0.3, -0.25) is 0 Å². The Morgan fingerprint density at radius 1 is 1.29 bits per heavy atom. The van der Waals surface area contributed by atoms with Crippen molar-refractivity contribution in [2.75, 3.05) is 5.32 Å². The number of aromatic nitrogens is 3. The van der Waals surface area contributed by atoms with Crippen LogP contribution in [0.3, 0.4) is 0 Å². The Morgan fingerprint density at radius 2 is 2.19 bits per heavy atom. The molecule has 3 rings (SSSR count). The first-order valence-corrected chi connectivity index (χ1v) is 7.85. The second-order valence-corrected chi connectivity index (χ2v) is 5.75. The van der Waals surface area contributed by atoms with Crippen molar-refractivity contribution in [3.63, 3.8) is 0 Å². The van der Waals surface area contributed by atoms with E-state index in [0.29, 0.717) is 16.0 Å². The highest BCUT2D eigenvalue weighted by Crippen LogP contribution is 2.24. The standard InChI is InChI=1S/C12H7ClN4O2S2/c13-7-1-2-9(14-3-7)16-12-17-10(5-21-12)19-11(18)8-4-20-6-15-8/h1-6H,(H,14,16,17). The molecule has 0 bridgehead atoms. The number of nitrogens with zero attached hydrogens (tertiary/aromatic N) is 3. The SMILES string of the molecule is O=C(Oc1csc(Nc2ccc(Cl)cn2)n1)c1cscn1. The van der Waals surface area contributed by atoms with E-state index in [1.165, 1.54) is 28.9 Å². The molecule has 0 radical (unpaired) electrons. The number of hydrogen-bond donors (Lipinski definition) is 1. The number of hydrogen-bond acceptors (Lipinski definition) is 8. The van der Waals surface area contributed by atoms with Crippen LogP contribution in [0.15, 0.2) is 34.6 Å². The highest BCUT2D eigenvalue weighted by Gasteiger charge is 2.13. The van der Waals surface area contributed by atoms with Gasteiger partial charge in [-0.1, -0.05) is 11.6 Å². The molecule has 3 aromatic heterocycles. The van der Waals surface area contributed by atoms with Crippen molar-refractivity contribution in [3.05, 3.63) is 45.3 Å². The molecule has 9 heteroatoms. The Labute approximate surface area is 132 Å². The first-order chi connectivity index (χ1) is 10.2. The van der Waals surface area contributed by atoms with E-state index in [2.05, 4.69) is 20.3 Å². The number of esters is 1. The molecule has 0 aliphatic rings. The lowest BCUT2D eigenvalue weighted by Gasteiger charge is -2.00. The van der Waals surface area contributed by atoms with Gasteiger partial charge in [-0.05, 0) is 12.1 Å². The van der Waals surface area contributed by atoms with Gasteiger partial charge in [0.1, 0.15) is 5.82 Å². The van der Waals surface area contributed by atoms with Crippen LogP contribution in [0.2, 0.25) is 5.02 Å². The summed E-state index contributed by atoms with van der Waals surface area (Å²) in [5, 5.41) is 7.35. The van der Waals surface area contributed by atoms with Gasteiger partial charge in [0, 0.05) is 11.6 Å². The molecule has 0 spiro atoms. The number of thiazole rings is 2. The van der Waals surface area contributed by atoms with E-state index in [1.54, 1.807) is 28.4 Å².